The fourth-order valence-electron chi connectivity index (χ4n) is 1.64. The summed E-state index contributed by atoms with van der Waals surface area (Å²) in [6, 6.07) is 7.41. The van der Waals surface area contributed by atoms with Crippen LogP contribution in [0.5, 0.6) is 0 Å². The van der Waals surface area contributed by atoms with Gasteiger partial charge in [0.1, 0.15) is 5.76 Å². The quantitative estimate of drug-likeness (QED) is 0.877. The molecule has 94 valence electrons. The summed E-state index contributed by atoms with van der Waals surface area (Å²) in [5.41, 5.74) is 1.10. The van der Waals surface area contributed by atoms with Gasteiger partial charge in [-0.3, -0.25) is 9.78 Å². The minimum Gasteiger partial charge on any atom is -0.456 e. The number of carbonyl (C=O) groups is 1. The topological polar surface area (TPSA) is 55.1 Å². The van der Waals surface area contributed by atoms with E-state index in [0.717, 1.165) is 24.2 Å². The van der Waals surface area contributed by atoms with E-state index in [1.807, 2.05) is 25.1 Å². The summed E-state index contributed by atoms with van der Waals surface area (Å²) in [7, 11) is 0. The van der Waals surface area contributed by atoms with Crippen molar-refractivity contribution >= 4 is 5.91 Å². The van der Waals surface area contributed by atoms with Crippen molar-refractivity contribution in [2.75, 3.05) is 6.54 Å². The Bertz CT molecular complexity index is 506. The smallest absolute Gasteiger partial charge is 0.287 e. The van der Waals surface area contributed by atoms with Gasteiger partial charge in [0.2, 0.25) is 0 Å². The van der Waals surface area contributed by atoms with E-state index < -0.39 is 0 Å². The Morgan fingerprint density at radius 2 is 2.28 bits per heavy atom. The maximum absolute atomic E-state index is 11.7. The summed E-state index contributed by atoms with van der Waals surface area (Å²) in [6.07, 6.45) is 5.09. The molecule has 1 amide bonds. The third kappa shape index (κ3) is 3.20. The fourth-order valence-corrected chi connectivity index (χ4v) is 1.64. The second-order valence-electron chi connectivity index (χ2n) is 3.99. The van der Waals surface area contributed by atoms with Gasteiger partial charge in [-0.2, -0.15) is 0 Å². The highest BCUT2D eigenvalue weighted by atomic mass is 16.3. The molecule has 0 unspecified atom stereocenters. The molecule has 2 rings (SSSR count). The first-order valence-corrected chi connectivity index (χ1v) is 6.05. The molecular formula is C14H16N2O2. The van der Waals surface area contributed by atoms with Crippen molar-refractivity contribution in [1.29, 1.82) is 0 Å². The zero-order valence-electron chi connectivity index (χ0n) is 10.3. The number of nitrogens with one attached hydrogen (secondary N) is 1. The van der Waals surface area contributed by atoms with Crippen LogP contribution in [0.1, 0.15) is 28.8 Å². The van der Waals surface area contributed by atoms with Gasteiger partial charge in [0.05, 0.1) is 0 Å². The Morgan fingerprint density at radius 1 is 1.39 bits per heavy atom. The summed E-state index contributed by atoms with van der Waals surface area (Å²) in [5.74, 6) is 1.03. The summed E-state index contributed by atoms with van der Waals surface area (Å²) < 4.78 is 5.37. The van der Waals surface area contributed by atoms with Gasteiger partial charge in [0.25, 0.3) is 5.91 Å². The standard InChI is InChI=1S/C14H16N2O2/c1-2-12-5-6-13(18-12)14(17)16-9-7-11-4-3-8-15-10-11/h3-6,8,10H,2,7,9H2,1H3,(H,16,17). The van der Waals surface area contributed by atoms with Crippen LogP contribution in [0.2, 0.25) is 0 Å². The molecule has 0 bridgehead atoms. The highest BCUT2D eigenvalue weighted by Gasteiger charge is 2.09. The zero-order chi connectivity index (χ0) is 12.8. The van der Waals surface area contributed by atoms with E-state index in [0.29, 0.717) is 12.3 Å². The van der Waals surface area contributed by atoms with Crippen molar-refractivity contribution in [3.63, 3.8) is 0 Å². The molecule has 0 aliphatic rings. The number of nitrogens with zero attached hydrogens (tertiary/aromatic N) is 1. The summed E-state index contributed by atoms with van der Waals surface area (Å²) >= 11 is 0. The Labute approximate surface area is 106 Å². The molecule has 0 saturated heterocycles. The van der Waals surface area contributed by atoms with E-state index in [9.17, 15) is 4.79 Å². The molecule has 18 heavy (non-hydrogen) atoms. The average Bonchev–Trinajstić information content (AvgIpc) is 2.89. The van der Waals surface area contributed by atoms with Crippen molar-refractivity contribution in [1.82, 2.24) is 10.3 Å². The number of carbonyl (C=O) groups excluding carboxylic acids is 1. The van der Waals surface area contributed by atoms with Gasteiger partial charge in [-0.25, -0.2) is 0 Å². The number of pyridine rings is 1. The molecule has 4 nitrogen and oxygen atoms in total. The van der Waals surface area contributed by atoms with E-state index >= 15 is 0 Å². The minimum atomic E-state index is -0.168. The normalized spacial score (nSPS) is 10.3. The zero-order valence-corrected chi connectivity index (χ0v) is 10.3. The van der Waals surface area contributed by atoms with E-state index in [-0.39, 0.29) is 5.91 Å². The molecule has 2 heterocycles. The number of furan rings is 1. The molecule has 1 N–H and O–H groups in total. The third-order valence-electron chi connectivity index (χ3n) is 2.66. The predicted octanol–water partition coefficient (Wildman–Crippen LogP) is 2.21. The fraction of sp³-hybridized carbons (Fsp3) is 0.286. The summed E-state index contributed by atoms with van der Waals surface area (Å²) in [4.78, 5) is 15.8. The molecule has 0 radical (unpaired) electrons. The second-order valence-corrected chi connectivity index (χ2v) is 3.99. The molecule has 2 aromatic rings. The van der Waals surface area contributed by atoms with Gasteiger partial charge in [-0.05, 0) is 30.2 Å². The first-order chi connectivity index (χ1) is 8.79. The lowest BCUT2D eigenvalue weighted by Gasteiger charge is -2.02. The molecule has 0 aliphatic carbocycles. The van der Waals surface area contributed by atoms with Crippen LogP contribution >= 0.6 is 0 Å². The molecular weight excluding hydrogens is 228 g/mol. The molecule has 0 fully saturated rings. The third-order valence-corrected chi connectivity index (χ3v) is 2.66. The SMILES string of the molecule is CCc1ccc(C(=O)NCCc2cccnc2)o1. The Morgan fingerprint density at radius 3 is 2.94 bits per heavy atom. The molecule has 0 aromatic carbocycles. The highest BCUT2D eigenvalue weighted by molar-refractivity contribution is 5.91. The highest BCUT2D eigenvalue weighted by Crippen LogP contribution is 2.08. The molecule has 0 spiro atoms. The van der Waals surface area contributed by atoms with Crippen LogP contribution in [0, 0.1) is 0 Å². The first kappa shape index (κ1) is 12.4. The van der Waals surface area contributed by atoms with Gasteiger partial charge in [0, 0.05) is 25.4 Å². The largest absolute Gasteiger partial charge is 0.456 e. The van der Waals surface area contributed by atoms with Crippen LogP contribution in [0.25, 0.3) is 0 Å². The number of aromatic nitrogens is 1. The molecule has 2 aromatic heterocycles. The van der Waals surface area contributed by atoms with E-state index in [1.165, 1.54) is 0 Å². The summed E-state index contributed by atoms with van der Waals surface area (Å²) in [6.45, 7) is 2.57. The van der Waals surface area contributed by atoms with Crippen LogP contribution in [-0.4, -0.2) is 17.4 Å². The molecule has 0 saturated carbocycles. The van der Waals surface area contributed by atoms with Crippen molar-refractivity contribution < 1.29 is 9.21 Å². The first-order valence-electron chi connectivity index (χ1n) is 6.05. The lowest BCUT2D eigenvalue weighted by Crippen LogP contribution is -2.25. The number of rotatable bonds is 5. The summed E-state index contributed by atoms with van der Waals surface area (Å²) in [5, 5.41) is 2.82. The number of amides is 1. The molecule has 4 heteroatoms. The van der Waals surface area contributed by atoms with Gasteiger partial charge in [0.15, 0.2) is 5.76 Å². The Hall–Kier alpha value is -2.10. The lowest BCUT2D eigenvalue weighted by molar-refractivity contribution is 0.0925. The van der Waals surface area contributed by atoms with Crippen LogP contribution in [-0.2, 0) is 12.8 Å². The predicted molar refractivity (Wildman–Crippen MR) is 68.4 cm³/mol. The van der Waals surface area contributed by atoms with Gasteiger partial charge in [-0.1, -0.05) is 13.0 Å². The Balaban J connectivity index is 1.81. The monoisotopic (exact) mass is 244 g/mol. The second kappa shape index (κ2) is 6.00. The van der Waals surface area contributed by atoms with E-state index in [2.05, 4.69) is 10.3 Å². The van der Waals surface area contributed by atoms with Crippen molar-refractivity contribution in [2.24, 2.45) is 0 Å². The van der Waals surface area contributed by atoms with Crippen molar-refractivity contribution in [3.05, 3.63) is 53.7 Å². The van der Waals surface area contributed by atoms with Crippen LogP contribution < -0.4 is 5.32 Å². The number of hydrogen-bond donors (Lipinski definition) is 1. The molecule has 0 aliphatic heterocycles. The van der Waals surface area contributed by atoms with Gasteiger partial charge >= 0.3 is 0 Å². The van der Waals surface area contributed by atoms with E-state index in [1.54, 1.807) is 18.5 Å². The van der Waals surface area contributed by atoms with Crippen molar-refractivity contribution in [3.8, 4) is 0 Å². The van der Waals surface area contributed by atoms with Gasteiger partial charge < -0.3 is 9.73 Å². The maximum atomic E-state index is 11.7. The average molecular weight is 244 g/mol. The number of hydrogen-bond acceptors (Lipinski definition) is 3. The van der Waals surface area contributed by atoms with Crippen LogP contribution in [0.4, 0.5) is 0 Å². The molecule has 0 atom stereocenters. The van der Waals surface area contributed by atoms with Crippen LogP contribution in [0.15, 0.2) is 41.1 Å². The van der Waals surface area contributed by atoms with Crippen molar-refractivity contribution in [2.45, 2.75) is 19.8 Å². The number of aryl methyl sites for hydroxylation is 1. The van der Waals surface area contributed by atoms with E-state index in [4.69, 9.17) is 4.42 Å². The minimum absolute atomic E-state index is 0.168. The Kier molecular flexibility index (Phi) is 4.12. The van der Waals surface area contributed by atoms with Crippen LogP contribution in [0.3, 0.4) is 0 Å². The maximum Gasteiger partial charge on any atom is 0.287 e. The lowest BCUT2D eigenvalue weighted by atomic mass is 10.2. The van der Waals surface area contributed by atoms with Gasteiger partial charge in [-0.15, -0.1) is 0 Å².